The van der Waals surface area contributed by atoms with Gasteiger partial charge in [-0.15, -0.1) is 11.8 Å². The SMILES string of the molecule is CCn1cc(CC(N)c2ccccc2SC)cn1. The lowest BCUT2D eigenvalue weighted by Gasteiger charge is -2.14. The van der Waals surface area contributed by atoms with Crippen molar-refractivity contribution in [3.63, 3.8) is 0 Å². The zero-order chi connectivity index (χ0) is 13.0. The molecule has 0 spiro atoms. The number of nitrogens with two attached hydrogens (primary N) is 1. The van der Waals surface area contributed by atoms with E-state index in [9.17, 15) is 0 Å². The lowest BCUT2D eigenvalue weighted by molar-refractivity contribution is 0.656. The van der Waals surface area contributed by atoms with Crippen LogP contribution in [0.3, 0.4) is 0 Å². The zero-order valence-corrected chi connectivity index (χ0v) is 11.7. The van der Waals surface area contributed by atoms with Gasteiger partial charge in [-0.05, 0) is 36.8 Å². The van der Waals surface area contributed by atoms with Gasteiger partial charge >= 0.3 is 0 Å². The molecule has 1 atom stereocenters. The van der Waals surface area contributed by atoms with E-state index in [4.69, 9.17) is 5.73 Å². The van der Waals surface area contributed by atoms with Gasteiger partial charge in [0.05, 0.1) is 6.20 Å². The monoisotopic (exact) mass is 261 g/mol. The van der Waals surface area contributed by atoms with Gasteiger partial charge < -0.3 is 5.73 Å². The third-order valence-corrected chi connectivity index (χ3v) is 3.82. The Balaban J connectivity index is 2.13. The summed E-state index contributed by atoms with van der Waals surface area (Å²) < 4.78 is 1.93. The predicted octanol–water partition coefficient (Wildman–Crippen LogP) is 2.87. The molecule has 2 N–H and O–H groups in total. The molecule has 1 heterocycles. The summed E-state index contributed by atoms with van der Waals surface area (Å²) in [4.78, 5) is 1.26. The van der Waals surface area contributed by atoms with Gasteiger partial charge in [-0.1, -0.05) is 18.2 Å². The highest BCUT2D eigenvalue weighted by molar-refractivity contribution is 7.98. The van der Waals surface area contributed by atoms with Gasteiger partial charge in [-0.3, -0.25) is 4.68 Å². The minimum Gasteiger partial charge on any atom is -0.324 e. The van der Waals surface area contributed by atoms with Crippen molar-refractivity contribution in [3.8, 4) is 0 Å². The maximum absolute atomic E-state index is 6.30. The van der Waals surface area contributed by atoms with Crippen molar-refractivity contribution in [1.29, 1.82) is 0 Å². The smallest absolute Gasteiger partial charge is 0.0522 e. The Hall–Kier alpha value is -1.26. The molecule has 0 aliphatic carbocycles. The fourth-order valence-corrected chi connectivity index (χ4v) is 2.69. The lowest BCUT2D eigenvalue weighted by atomic mass is 10.0. The number of hydrogen-bond donors (Lipinski definition) is 1. The van der Waals surface area contributed by atoms with Gasteiger partial charge in [0, 0.05) is 23.7 Å². The summed E-state index contributed by atoms with van der Waals surface area (Å²) in [6.07, 6.45) is 6.89. The maximum atomic E-state index is 6.30. The lowest BCUT2D eigenvalue weighted by Crippen LogP contribution is -2.14. The van der Waals surface area contributed by atoms with E-state index in [1.165, 1.54) is 16.0 Å². The van der Waals surface area contributed by atoms with Gasteiger partial charge in [0.1, 0.15) is 0 Å². The first-order valence-electron chi connectivity index (χ1n) is 6.14. The average molecular weight is 261 g/mol. The molecule has 1 unspecified atom stereocenters. The second kappa shape index (κ2) is 6.07. The summed E-state index contributed by atoms with van der Waals surface area (Å²) in [6.45, 7) is 2.98. The van der Waals surface area contributed by atoms with Crippen molar-refractivity contribution in [3.05, 3.63) is 47.8 Å². The molecule has 0 bridgehead atoms. The maximum Gasteiger partial charge on any atom is 0.0522 e. The first-order chi connectivity index (χ1) is 8.74. The molecular weight excluding hydrogens is 242 g/mol. The van der Waals surface area contributed by atoms with E-state index in [0.717, 1.165) is 13.0 Å². The van der Waals surface area contributed by atoms with Crippen molar-refractivity contribution in [2.45, 2.75) is 30.8 Å². The van der Waals surface area contributed by atoms with Gasteiger partial charge in [0.25, 0.3) is 0 Å². The third kappa shape index (κ3) is 2.94. The van der Waals surface area contributed by atoms with E-state index in [1.807, 2.05) is 16.9 Å². The summed E-state index contributed by atoms with van der Waals surface area (Å²) in [5, 5.41) is 4.28. The number of benzene rings is 1. The summed E-state index contributed by atoms with van der Waals surface area (Å²) in [7, 11) is 0. The van der Waals surface area contributed by atoms with E-state index in [2.05, 4.69) is 42.7 Å². The van der Waals surface area contributed by atoms with Crippen LogP contribution in [0.15, 0.2) is 41.6 Å². The minimum atomic E-state index is 0.0307. The summed E-state index contributed by atoms with van der Waals surface area (Å²) >= 11 is 1.74. The average Bonchev–Trinajstić information content (AvgIpc) is 2.86. The Labute approximate surface area is 112 Å². The van der Waals surface area contributed by atoms with Crippen LogP contribution in [0.4, 0.5) is 0 Å². The topological polar surface area (TPSA) is 43.8 Å². The van der Waals surface area contributed by atoms with Crippen molar-refractivity contribution < 1.29 is 0 Å². The van der Waals surface area contributed by atoms with Gasteiger partial charge in [0.2, 0.25) is 0 Å². The minimum absolute atomic E-state index is 0.0307. The van der Waals surface area contributed by atoms with E-state index >= 15 is 0 Å². The molecule has 2 rings (SSSR count). The molecule has 4 heteroatoms. The van der Waals surface area contributed by atoms with Crippen LogP contribution < -0.4 is 5.73 Å². The Morgan fingerprint density at radius 3 is 2.83 bits per heavy atom. The van der Waals surface area contributed by atoms with E-state index in [0.29, 0.717) is 0 Å². The zero-order valence-electron chi connectivity index (χ0n) is 10.8. The first kappa shape index (κ1) is 13.2. The molecule has 1 aromatic carbocycles. The Kier molecular flexibility index (Phi) is 4.44. The first-order valence-corrected chi connectivity index (χ1v) is 7.37. The molecule has 0 saturated heterocycles. The molecule has 96 valence electrons. The summed E-state index contributed by atoms with van der Waals surface area (Å²) in [5.41, 5.74) is 8.72. The molecule has 3 nitrogen and oxygen atoms in total. The van der Waals surface area contributed by atoms with Crippen LogP contribution in [0.5, 0.6) is 0 Å². The Morgan fingerprint density at radius 2 is 2.17 bits per heavy atom. The van der Waals surface area contributed by atoms with E-state index in [1.54, 1.807) is 11.8 Å². The molecule has 1 aromatic heterocycles. The largest absolute Gasteiger partial charge is 0.324 e. The molecule has 18 heavy (non-hydrogen) atoms. The number of aryl methyl sites for hydroxylation is 1. The number of rotatable bonds is 5. The number of thioether (sulfide) groups is 1. The summed E-state index contributed by atoms with van der Waals surface area (Å²) in [6, 6.07) is 8.36. The molecule has 0 saturated carbocycles. The van der Waals surface area contributed by atoms with E-state index < -0.39 is 0 Å². The highest BCUT2D eigenvalue weighted by atomic mass is 32.2. The van der Waals surface area contributed by atoms with Crippen molar-refractivity contribution in [1.82, 2.24) is 9.78 Å². The van der Waals surface area contributed by atoms with Crippen LogP contribution in [0, 0.1) is 0 Å². The highest BCUT2D eigenvalue weighted by Crippen LogP contribution is 2.26. The fourth-order valence-electron chi connectivity index (χ4n) is 2.02. The van der Waals surface area contributed by atoms with Crippen LogP contribution in [-0.4, -0.2) is 16.0 Å². The van der Waals surface area contributed by atoms with Gasteiger partial charge in [-0.25, -0.2) is 0 Å². The van der Waals surface area contributed by atoms with Crippen molar-refractivity contribution >= 4 is 11.8 Å². The standard InChI is InChI=1S/C14H19N3S/c1-3-17-10-11(9-16-17)8-13(15)12-6-4-5-7-14(12)18-2/h4-7,9-10,13H,3,8,15H2,1-2H3. The molecule has 0 fully saturated rings. The molecule has 0 radical (unpaired) electrons. The molecule has 2 aromatic rings. The van der Waals surface area contributed by atoms with Gasteiger partial charge in [0.15, 0.2) is 0 Å². The number of hydrogen-bond acceptors (Lipinski definition) is 3. The van der Waals surface area contributed by atoms with Crippen LogP contribution in [0.25, 0.3) is 0 Å². The number of aromatic nitrogens is 2. The molecule has 0 aliphatic rings. The fraction of sp³-hybridized carbons (Fsp3) is 0.357. The van der Waals surface area contributed by atoms with Gasteiger partial charge in [-0.2, -0.15) is 5.10 Å². The Morgan fingerprint density at radius 1 is 1.39 bits per heavy atom. The normalized spacial score (nSPS) is 12.6. The third-order valence-electron chi connectivity index (χ3n) is 3.00. The second-order valence-electron chi connectivity index (χ2n) is 4.26. The molecular formula is C14H19N3S. The predicted molar refractivity (Wildman–Crippen MR) is 76.8 cm³/mol. The summed E-state index contributed by atoms with van der Waals surface area (Å²) in [5.74, 6) is 0. The molecule has 0 amide bonds. The van der Waals surface area contributed by atoms with E-state index in [-0.39, 0.29) is 6.04 Å². The second-order valence-corrected chi connectivity index (χ2v) is 5.10. The van der Waals surface area contributed by atoms with Crippen LogP contribution in [0.1, 0.15) is 24.1 Å². The highest BCUT2D eigenvalue weighted by Gasteiger charge is 2.11. The van der Waals surface area contributed by atoms with Crippen LogP contribution in [-0.2, 0) is 13.0 Å². The van der Waals surface area contributed by atoms with Crippen LogP contribution >= 0.6 is 11.8 Å². The van der Waals surface area contributed by atoms with Crippen LogP contribution in [0.2, 0.25) is 0 Å². The molecule has 0 aliphatic heterocycles. The van der Waals surface area contributed by atoms with Crippen molar-refractivity contribution in [2.24, 2.45) is 5.73 Å². The number of nitrogens with zero attached hydrogens (tertiary/aromatic N) is 2. The Bertz CT molecular complexity index is 507. The van der Waals surface area contributed by atoms with Crippen molar-refractivity contribution in [2.75, 3.05) is 6.26 Å². The quantitative estimate of drug-likeness (QED) is 0.842.